The highest BCUT2D eigenvalue weighted by Crippen LogP contribution is 2.30. The second-order valence-corrected chi connectivity index (χ2v) is 8.01. The van der Waals surface area contributed by atoms with Crippen LogP contribution in [0.4, 0.5) is 15.9 Å². The highest BCUT2D eigenvalue weighted by atomic mass is 19.1. The maximum atomic E-state index is 14.3. The summed E-state index contributed by atoms with van der Waals surface area (Å²) in [6.45, 7) is 1.77. The highest BCUT2D eigenvalue weighted by Gasteiger charge is 2.30. The summed E-state index contributed by atoms with van der Waals surface area (Å²) in [7, 11) is 1.65. The van der Waals surface area contributed by atoms with Crippen LogP contribution in [0.15, 0.2) is 48.8 Å². The van der Waals surface area contributed by atoms with E-state index in [0.29, 0.717) is 34.4 Å². The normalized spacial score (nSPS) is 13.2. The second kappa shape index (κ2) is 8.05. The lowest BCUT2D eigenvalue weighted by molar-refractivity contribution is -0.117. The van der Waals surface area contributed by atoms with Gasteiger partial charge in [-0.15, -0.1) is 0 Å². The molecule has 1 aromatic carbocycles. The molecular formula is C23H21FN6O3. The molecule has 0 atom stereocenters. The molecule has 1 fully saturated rings. The molecule has 1 aliphatic carbocycles. The molecule has 33 heavy (non-hydrogen) atoms. The number of ether oxygens (including phenoxy) is 1. The summed E-state index contributed by atoms with van der Waals surface area (Å²) in [6.07, 6.45) is 5.24. The quantitative estimate of drug-likeness (QED) is 0.466. The molecule has 0 saturated heterocycles. The third kappa shape index (κ3) is 4.40. The summed E-state index contributed by atoms with van der Waals surface area (Å²) < 4.78 is 23.4. The van der Waals surface area contributed by atoms with Gasteiger partial charge in [-0.3, -0.25) is 14.3 Å². The number of amides is 2. The first-order valence-electron chi connectivity index (χ1n) is 10.4. The van der Waals surface area contributed by atoms with Crippen LogP contribution in [-0.2, 0) is 11.8 Å². The summed E-state index contributed by atoms with van der Waals surface area (Å²) >= 11 is 0. The predicted octanol–water partition coefficient (Wildman–Crippen LogP) is 3.91. The Hall–Kier alpha value is -4.21. The van der Waals surface area contributed by atoms with Crippen LogP contribution < -0.4 is 15.4 Å². The number of nitrogens with one attached hydrogen (secondary N) is 2. The first kappa shape index (κ1) is 20.7. The zero-order valence-electron chi connectivity index (χ0n) is 18.0. The first-order valence-corrected chi connectivity index (χ1v) is 10.4. The van der Waals surface area contributed by atoms with E-state index >= 15 is 0 Å². The number of hydrogen-bond donors (Lipinski definition) is 2. The Morgan fingerprint density at radius 2 is 1.88 bits per heavy atom. The number of halogens is 1. The Kier molecular flexibility index (Phi) is 5.04. The van der Waals surface area contributed by atoms with Crippen molar-refractivity contribution in [1.29, 1.82) is 0 Å². The van der Waals surface area contributed by atoms with Gasteiger partial charge in [0.25, 0.3) is 5.91 Å². The number of hydrogen-bond acceptors (Lipinski definition) is 5. The third-order valence-corrected chi connectivity index (χ3v) is 5.28. The molecule has 0 aliphatic heterocycles. The topological polar surface area (TPSA) is 103 Å². The minimum absolute atomic E-state index is 0.00913. The fourth-order valence-electron chi connectivity index (χ4n) is 3.48. The minimum Gasteiger partial charge on any atom is -0.456 e. The first-order chi connectivity index (χ1) is 15.9. The predicted molar refractivity (Wildman–Crippen MR) is 119 cm³/mol. The molecule has 3 heterocycles. The summed E-state index contributed by atoms with van der Waals surface area (Å²) in [5, 5.41) is 9.51. The lowest BCUT2D eigenvalue weighted by atomic mass is 10.2. The Labute approximate surface area is 188 Å². The third-order valence-electron chi connectivity index (χ3n) is 5.28. The monoisotopic (exact) mass is 448 g/mol. The summed E-state index contributed by atoms with van der Waals surface area (Å²) in [6, 6.07) is 9.19. The van der Waals surface area contributed by atoms with E-state index < -0.39 is 11.7 Å². The van der Waals surface area contributed by atoms with Crippen LogP contribution in [0, 0.1) is 18.7 Å². The molecule has 1 saturated carbocycles. The van der Waals surface area contributed by atoms with Gasteiger partial charge in [-0.2, -0.15) is 5.10 Å². The van der Waals surface area contributed by atoms with Crippen LogP contribution in [-0.4, -0.2) is 31.0 Å². The molecule has 3 aromatic heterocycles. The van der Waals surface area contributed by atoms with E-state index in [1.807, 2.05) is 0 Å². The van der Waals surface area contributed by atoms with Gasteiger partial charge in [-0.1, -0.05) is 0 Å². The molecule has 0 bridgehead atoms. The van der Waals surface area contributed by atoms with Gasteiger partial charge in [0.1, 0.15) is 28.7 Å². The fourth-order valence-corrected chi connectivity index (χ4v) is 3.48. The average molecular weight is 448 g/mol. The molecule has 1 aliphatic rings. The van der Waals surface area contributed by atoms with Gasteiger partial charge in [-0.05, 0) is 50.1 Å². The number of anilines is 2. The number of carbonyl (C=O) groups excluding carboxylic acids is 2. The summed E-state index contributed by atoms with van der Waals surface area (Å²) in [4.78, 5) is 28.9. The van der Waals surface area contributed by atoms with Gasteiger partial charge < -0.3 is 19.8 Å². The number of aromatic nitrogens is 4. The maximum absolute atomic E-state index is 14.3. The lowest BCUT2D eigenvalue weighted by Crippen LogP contribution is -2.16. The summed E-state index contributed by atoms with van der Waals surface area (Å²) in [5.41, 5.74) is 1.64. The Morgan fingerprint density at radius 3 is 2.61 bits per heavy atom. The molecule has 10 heteroatoms. The molecule has 168 valence electrons. The highest BCUT2D eigenvalue weighted by molar-refractivity contribution is 6.03. The largest absolute Gasteiger partial charge is 0.456 e. The number of fused-ring (bicyclic) bond motifs is 1. The van der Waals surface area contributed by atoms with E-state index in [0.717, 1.165) is 12.8 Å². The Balaban J connectivity index is 1.32. The van der Waals surface area contributed by atoms with Crippen molar-refractivity contribution in [2.45, 2.75) is 19.8 Å². The van der Waals surface area contributed by atoms with Crippen LogP contribution in [0.5, 0.6) is 11.5 Å². The van der Waals surface area contributed by atoms with Crippen LogP contribution in [0.3, 0.4) is 0 Å². The van der Waals surface area contributed by atoms with Crippen molar-refractivity contribution in [1.82, 2.24) is 19.2 Å². The average Bonchev–Trinajstić information content (AvgIpc) is 3.46. The van der Waals surface area contributed by atoms with Gasteiger partial charge in [0.2, 0.25) is 5.91 Å². The number of pyridine rings is 1. The smallest absolute Gasteiger partial charge is 0.274 e. The van der Waals surface area contributed by atoms with Crippen molar-refractivity contribution in [2.75, 3.05) is 10.6 Å². The SMILES string of the molecule is Cc1cc(C(=O)Nc2cc(Oc3ccc4nc(NC(=O)C5CC5)cn4c3)ccc2F)n(C)n1. The minimum atomic E-state index is -0.587. The van der Waals surface area contributed by atoms with Crippen molar-refractivity contribution >= 4 is 29.0 Å². The van der Waals surface area contributed by atoms with Gasteiger partial charge in [0.15, 0.2) is 5.82 Å². The lowest BCUT2D eigenvalue weighted by Gasteiger charge is -2.10. The number of nitrogens with zero attached hydrogens (tertiary/aromatic N) is 4. The molecule has 5 rings (SSSR count). The van der Waals surface area contributed by atoms with Gasteiger partial charge >= 0.3 is 0 Å². The Bertz CT molecular complexity index is 1390. The van der Waals surface area contributed by atoms with Crippen molar-refractivity contribution in [3.8, 4) is 11.5 Å². The number of imidazole rings is 1. The van der Waals surface area contributed by atoms with E-state index in [2.05, 4.69) is 20.7 Å². The Morgan fingerprint density at radius 1 is 1.09 bits per heavy atom. The van der Waals surface area contributed by atoms with Crippen molar-refractivity contribution < 1.29 is 18.7 Å². The molecule has 0 unspecified atom stereocenters. The molecular weight excluding hydrogens is 427 g/mol. The zero-order valence-corrected chi connectivity index (χ0v) is 18.0. The van der Waals surface area contributed by atoms with Gasteiger partial charge in [0, 0.05) is 19.0 Å². The van der Waals surface area contributed by atoms with Crippen LogP contribution in [0.25, 0.3) is 5.65 Å². The van der Waals surface area contributed by atoms with Crippen LogP contribution >= 0.6 is 0 Å². The van der Waals surface area contributed by atoms with Crippen LogP contribution in [0.1, 0.15) is 29.0 Å². The number of benzene rings is 1. The molecule has 0 radical (unpaired) electrons. The number of aryl methyl sites for hydroxylation is 2. The van der Waals surface area contributed by atoms with E-state index in [9.17, 15) is 14.0 Å². The van der Waals surface area contributed by atoms with E-state index in [1.54, 1.807) is 49.0 Å². The van der Waals surface area contributed by atoms with E-state index in [4.69, 9.17) is 4.74 Å². The van der Waals surface area contributed by atoms with E-state index in [1.165, 1.54) is 22.9 Å². The summed E-state index contributed by atoms with van der Waals surface area (Å²) in [5.74, 6) is 0.299. The molecule has 9 nitrogen and oxygen atoms in total. The fraction of sp³-hybridized carbons (Fsp3) is 0.217. The van der Waals surface area contributed by atoms with Crippen LogP contribution in [0.2, 0.25) is 0 Å². The molecule has 0 spiro atoms. The van der Waals surface area contributed by atoms with Crippen molar-refractivity contribution in [3.63, 3.8) is 0 Å². The molecule has 4 aromatic rings. The zero-order chi connectivity index (χ0) is 23.1. The maximum Gasteiger partial charge on any atom is 0.274 e. The van der Waals surface area contributed by atoms with Crippen molar-refractivity contribution in [2.24, 2.45) is 13.0 Å². The number of carbonyl (C=O) groups is 2. The molecule has 2 amide bonds. The van der Waals surface area contributed by atoms with E-state index in [-0.39, 0.29) is 17.5 Å². The van der Waals surface area contributed by atoms with Gasteiger partial charge in [0.05, 0.1) is 23.8 Å². The van der Waals surface area contributed by atoms with Gasteiger partial charge in [-0.25, -0.2) is 9.37 Å². The standard InChI is InChI=1S/C23H21FN6O3/c1-13-9-19(29(2)28-13)23(32)25-18-10-15(5-7-17(18)24)33-16-6-8-21-26-20(12-30(21)11-16)27-22(31)14-3-4-14/h5-12,14H,3-4H2,1-2H3,(H,25,32)(H,27,31). The van der Waals surface area contributed by atoms with Crippen molar-refractivity contribution in [3.05, 3.63) is 66.0 Å². The molecule has 2 N–H and O–H groups in total. The second-order valence-electron chi connectivity index (χ2n) is 8.01. The number of rotatable bonds is 6.